The molecular formula is C16H12BrClN2O3. The van der Waals surface area contributed by atoms with Gasteiger partial charge in [0.2, 0.25) is 5.88 Å². The number of aromatic nitrogens is 1. The van der Waals surface area contributed by atoms with Gasteiger partial charge in [0.1, 0.15) is 5.69 Å². The number of hydrogen-bond acceptors (Lipinski definition) is 4. The lowest BCUT2D eigenvalue weighted by molar-refractivity contribution is -0.121. The Labute approximate surface area is 146 Å². The standard InChI is InChI=1S/C16H12BrClN2O3/c1-20-13-4-10(7-19-16(13)23-8-15(20)22)14(21)5-9-2-3-11(17)6-12(9)18/h2-4,6-7H,5,8H2,1H3. The van der Waals surface area contributed by atoms with E-state index in [2.05, 4.69) is 20.9 Å². The van der Waals surface area contributed by atoms with E-state index >= 15 is 0 Å². The molecule has 0 bridgehead atoms. The Morgan fingerprint density at radius 2 is 2.22 bits per heavy atom. The summed E-state index contributed by atoms with van der Waals surface area (Å²) in [5.74, 6) is 0.0427. The molecule has 2 aromatic rings. The molecular weight excluding hydrogens is 384 g/mol. The molecule has 0 saturated carbocycles. The van der Waals surface area contributed by atoms with Crippen molar-refractivity contribution >= 4 is 44.9 Å². The van der Waals surface area contributed by atoms with E-state index in [1.165, 1.54) is 11.1 Å². The van der Waals surface area contributed by atoms with Crippen LogP contribution >= 0.6 is 27.5 Å². The van der Waals surface area contributed by atoms with Gasteiger partial charge in [-0.15, -0.1) is 0 Å². The van der Waals surface area contributed by atoms with Gasteiger partial charge in [0.05, 0.1) is 0 Å². The summed E-state index contributed by atoms with van der Waals surface area (Å²) in [6, 6.07) is 7.00. The average molecular weight is 396 g/mol. The van der Waals surface area contributed by atoms with Crippen LogP contribution in [0.5, 0.6) is 5.88 Å². The first-order valence-electron chi connectivity index (χ1n) is 6.82. The minimum atomic E-state index is -0.181. The first-order chi connectivity index (χ1) is 11.0. The number of ether oxygens (including phenoxy) is 1. The van der Waals surface area contributed by atoms with E-state index in [0.717, 1.165) is 10.0 Å². The highest BCUT2D eigenvalue weighted by Gasteiger charge is 2.24. The quantitative estimate of drug-likeness (QED) is 0.748. The molecule has 0 saturated heterocycles. The van der Waals surface area contributed by atoms with E-state index in [-0.39, 0.29) is 24.7 Å². The first kappa shape index (κ1) is 16.0. The fourth-order valence-corrected chi connectivity index (χ4v) is 2.99. The van der Waals surface area contributed by atoms with Crippen molar-refractivity contribution in [3.05, 3.63) is 51.1 Å². The van der Waals surface area contributed by atoms with Gasteiger partial charge in [-0.25, -0.2) is 4.98 Å². The topological polar surface area (TPSA) is 59.5 Å². The summed E-state index contributed by atoms with van der Waals surface area (Å²) >= 11 is 9.48. The Balaban J connectivity index is 1.87. The van der Waals surface area contributed by atoms with Crippen molar-refractivity contribution in [1.29, 1.82) is 0 Å². The number of rotatable bonds is 3. The van der Waals surface area contributed by atoms with Crippen molar-refractivity contribution in [2.75, 3.05) is 18.6 Å². The third kappa shape index (κ3) is 3.23. The number of likely N-dealkylation sites (N-methyl/N-ethyl adjacent to an activating group) is 1. The Morgan fingerprint density at radius 3 is 2.96 bits per heavy atom. The summed E-state index contributed by atoms with van der Waals surface area (Å²) in [7, 11) is 1.63. The smallest absolute Gasteiger partial charge is 0.264 e. The van der Waals surface area contributed by atoms with Crippen LogP contribution in [0.1, 0.15) is 15.9 Å². The Kier molecular flexibility index (Phi) is 4.37. The molecule has 0 unspecified atom stereocenters. The summed E-state index contributed by atoms with van der Waals surface area (Å²) in [4.78, 5) is 29.7. The number of ketones is 1. The number of fused-ring (bicyclic) bond motifs is 1. The van der Waals surface area contributed by atoms with Crippen LogP contribution in [0.3, 0.4) is 0 Å². The number of Topliss-reactive ketones (excluding diaryl/α,β-unsaturated/α-hetero) is 1. The van der Waals surface area contributed by atoms with Gasteiger partial charge in [-0.1, -0.05) is 33.6 Å². The van der Waals surface area contributed by atoms with E-state index < -0.39 is 0 Å². The van der Waals surface area contributed by atoms with Crippen LogP contribution in [0.4, 0.5) is 5.69 Å². The van der Waals surface area contributed by atoms with E-state index in [4.69, 9.17) is 16.3 Å². The molecule has 5 nitrogen and oxygen atoms in total. The number of benzene rings is 1. The fraction of sp³-hybridized carbons (Fsp3) is 0.188. The third-order valence-electron chi connectivity index (χ3n) is 3.59. The molecule has 0 atom stereocenters. The Bertz CT molecular complexity index is 810. The molecule has 23 heavy (non-hydrogen) atoms. The Morgan fingerprint density at radius 1 is 1.43 bits per heavy atom. The van der Waals surface area contributed by atoms with Crippen LogP contribution in [-0.2, 0) is 11.2 Å². The molecule has 0 spiro atoms. The lowest BCUT2D eigenvalue weighted by Gasteiger charge is -2.25. The maximum Gasteiger partial charge on any atom is 0.264 e. The van der Waals surface area contributed by atoms with Crippen molar-refractivity contribution < 1.29 is 14.3 Å². The first-order valence-corrected chi connectivity index (χ1v) is 7.99. The summed E-state index contributed by atoms with van der Waals surface area (Å²) in [5.41, 5.74) is 1.64. The van der Waals surface area contributed by atoms with Gasteiger partial charge in [-0.2, -0.15) is 0 Å². The largest absolute Gasteiger partial charge is 0.466 e. The number of anilines is 1. The molecule has 1 aliphatic heterocycles. The third-order valence-corrected chi connectivity index (χ3v) is 4.43. The predicted molar refractivity (Wildman–Crippen MR) is 90.3 cm³/mol. The van der Waals surface area contributed by atoms with Crippen molar-refractivity contribution in [3.63, 3.8) is 0 Å². The summed E-state index contributed by atoms with van der Waals surface area (Å²) in [6.45, 7) is -0.0434. The van der Waals surface area contributed by atoms with Crippen LogP contribution in [0.15, 0.2) is 34.9 Å². The lowest BCUT2D eigenvalue weighted by Crippen LogP contribution is -2.36. The number of pyridine rings is 1. The minimum Gasteiger partial charge on any atom is -0.466 e. The molecule has 0 fully saturated rings. The van der Waals surface area contributed by atoms with Crippen LogP contribution in [0, 0.1) is 0 Å². The van der Waals surface area contributed by atoms with Crippen molar-refractivity contribution in [1.82, 2.24) is 4.98 Å². The number of amides is 1. The van der Waals surface area contributed by atoms with Gasteiger partial charge < -0.3 is 9.64 Å². The number of nitrogens with zero attached hydrogens (tertiary/aromatic N) is 2. The second-order valence-electron chi connectivity index (χ2n) is 5.13. The highest BCUT2D eigenvalue weighted by atomic mass is 79.9. The molecule has 0 aliphatic carbocycles. The highest BCUT2D eigenvalue weighted by Crippen LogP contribution is 2.30. The van der Waals surface area contributed by atoms with Gasteiger partial charge >= 0.3 is 0 Å². The van der Waals surface area contributed by atoms with Crippen LogP contribution in [-0.4, -0.2) is 30.3 Å². The molecule has 1 amide bonds. The lowest BCUT2D eigenvalue weighted by atomic mass is 10.0. The second kappa shape index (κ2) is 6.29. The number of halogens is 2. The normalized spacial score (nSPS) is 13.5. The summed E-state index contributed by atoms with van der Waals surface area (Å²) in [6.07, 6.45) is 1.61. The van der Waals surface area contributed by atoms with Crippen molar-refractivity contribution in [3.8, 4) is 5.88 Å². The summed E-state index contributed by atoms with van der Waals surface area (Å²) < 4.78 is 6.10. The maximum absolute atomic E-state index is 12.5. The van der Waals surface area contributed by atoms with Gasteiger partial charge in [-0.05, 0) is 23.8 Å². The van der Waals surface area contributed by atoms with Gasteiger partial charge in [0.25, 0.3) is 5.91 Å². The minimum absolute atomic E-state index is 0.0434. The number of carbonyl (C=O) groups excluding carboxylic acids is 2. The molecule has 2 heterocycles. The molecule has 0 N–H and O–H groups in total. The fourth-order valence-electron chi connectivity index (χ4n) is 2.25. The summed E-state index contributed by atoms with van der Waals surface area (Å²) in [5, 5.41) is 0.522. The molecule has 0 radical (unpaired) electrons. The highest BCUT2D eigenvalue weighted by molar-refractivity contribution is 9.10. The van der Waals surface area contributed by atoms with Gasteiger partial charge in [-0.3, -0.25) is 9.59 Å². The molecule has 1 aromatic heterocycles. The van der Waals surface area contributed by atoms with Crippen LogP contribution in [0.25, 0.3) is 0 Å². The van der Waals surface area contributed by atoms with E-state index in [1.807, 2.05) is 6.07 Å². The maximum atomic E-state index is 12.5. The van der Waals surface area contributed by atoms with Gasteiger partial charge in [0.15, 0.2) is 12.4 Å². The van der Waals surface area contributed by atoms with Gasteiger partial charge in [0, 0.05) is 34.7 Å². The molecule has 1 aromatic carbocycles. The van der Waals surface area contributed by atoms with Crippen molar-refractivity contribution in [2.24, 2.45) is 0 Å². The molecule has 7 heteroatoms. The SMILES string of the molecule is CN1C(=O)COc2ncc(C(=O)Cc3ccc(Br)cc3Cl)cc21. The second-order valence-corrected chi connectivity index (χ2v) is 6.45. The Hall–Kier alpha value is -1.92. The zero-order valence-electron chi connectivity index (χ0n) is 12.2. The van der Waals surface area contributed by atoms with E-state index in [9.17, 15) is 9.59 Å². The van der Waals surface area contributed by atoms with E-state index in [1.54, 1.807) is 25.2 Å². The van der Waals surface area contributed by atoms with Crippen LogP contribution < -0.4 is 9.64 Å². The molecule has 118 valence electrons. The number of carbonyl (C=O) groups is 2. The predicted octanol–water partition coefficient (Wildman–Crippen LogP) is 3.28. The zero-order chi connectivity index (χ0) is 16.6. The van der Waals surface area contributed by atoms with Crippen LogP contribution in [0.2, 0.25) is 5.02 Å². The zero-order valence-corrected chi connectivity index (χ0v) is 14.5. The van der Waals surface area contributed by atoms with Crippen molar-refractivity contribution in [2.45, 2.75) is 6.42 Å². The average Bonchev–Trinajstić information content (AvgIpc) is 2.53. The number of hydrogen-bond donors (Lipinski definition) is 0. The van der Waals surface area contributed by atoms with E-state index in [0.29, 0.717) is 22.2 Å². The molecule has 1 aliphatic rings. The monoisotopic (exact) mass is 394 g/mol. The molecule has 3 rings (SSSR count).